The molecule has 0 fully saturated rings. The Morgan fingerprint density at radius 2 is 0.870 bits per heavy atom. The average molecular weight is 785 g/mol. The summed E-state index contributed by atoms with van der Waals surface area (Å²) in [5.41, 5.74) is 0. The Morgan fingerprint density at radius 3 is 1.28 bits per heavy atom. The number of carbonyl (C=O) groups excluding carboxylic acids is 2. The minimum Gasteiger partial charge on any atom is -0.457 e. The molecule has 0 spiro atoms. The van der Waals surface area contributed by atoms with Gasteiger partial charge in [0.25, 0.3) is 0 Å². The summed E-state index contributed by atoms with van der Waals surface area (Å²) in [6.07, 6.45) is 40.8. The molecule has 0 aromatic carbocycles. The van der Waals surface area contributed by atoms with Gasteiger partial charge in [-0.15, -0.1) is 0 Å². The van der Waals surface area contributed by atoms with Crippen LogP contribution in [0.2, 0.25) is 0 Å². The molecule has 3 atom stereocenters. The minimum atomic E-state index is -4.64. The van der Waals surface area contributed by atoms with Crippen molar-refractivity contribution in [1.29, 1.82) is 0 Å². The van der Waals surface area contributed by atoms with E-state index in [1.807, 2.05) is 0 Å². The van der Waals surface area contributed by atoms with Crippen LogP contribution in [0.5, 0.6) is 0 Å². The lowest BCUT2D eigenvalue weighted by Gasteiger charge is -2.20. The fourth-order valence-electron chi connectivity index (χ4n) is 5.53. The third kappa shape index (κ3) is 36.9. The number of hydrogen-bond acceptors (Lipinski definition) is 9. The van der Waals surface area contributed by atoms with Crippen molar-refractivity contribution in [3.8, 4) is 0 Å². The van der Waals surface area contributed by atoms with Crippen molar-refractivity contribution < 1.29 is 47.8 Å². The fraction of sp³-hybridized carbons (Fsp3) is 0.767. The summed E-state index contributed by atoms with van der Waals surface area (Å²) in [7, 11) is -4.64. The lowest BCUT2D eigenvalue weighted by Crippen LogP contribution is -2.28. The van der Waals surface area contributed by atoms with Crippen molar-refractivity contribution >= 4 is 19.8 Å². The van der Waals surface area contributed by atoms with Crippen molar-refractivity contribution in [1.82, 2.24) is 0 Å². The van der Waals surface area contributed by atoms with Gasteiger partial charge < -0.3 is 24.6 Å². The Morgan fingerprint density at radius 1 is 0.519 bits per heavy atom. The highest BCUT2D eigenvalue weighted by molar-refractivity contribution is 7.47. The molecule has 0 aromatic heterocycles. The Labute approximate surface area is 328 Å². The fourth-order valence-corrected chi connectivity index (χ4v) is 6.32. The topological polar surface area (TPSA) is 149 Å². The van der Waals surface area contributed by atoms with Gasteiger partial charge in [-0.3, -0.25) is 18.6 Å². The second kappa shape index (κ2) is 39.2. The molecule has 0 aliphatic carbocycles. The molecule has 0 bridgehead atoms. The molecule has 314 valence electrons. The lowest BCUT2D eigenvalue weighted by atomic mass is 10.1. The maximum atomic E-state index is 12.3. The molecule has 0 heterocycles. The number of esters is 2. The second-order valence-electron chi connectivity index (χ2n) is 13.9. The molecule has 0 aliphatic rings. The van der Waals surface area contributed by atoms with E-state index >= 15 is 0 Å². The SMILES string of the molecule is CC/C=C\C/C=C\C/C=C\CCCCCCCC(=O)OC(CO)COP(=O)(O)OCC(CO)OC(=O)CCCCCCC/C=C\CCCCCCCCC. The van der Waals surface area contributed by atoms with E-state index in [9.17, 15) is 29.3 Å². The standard InChI is InChI=1S/C43H77O10P/c1-3-5-7-9-11-13-15-17-19-21-23-25-27-29-31-33-35-43(47)53-41(37-45)39-51-54(48,49)50-38-40(36-44)52-42(46)34-32-30-28-26-24-22-20-18-16-14-12-10-8-6-4-2/h6,8,12,14,18-21,40-41,44-45H,3-5,7,9-11,13,15-17,22-39H2,1-2H3,(H,48,49)/b8-6-,14-12-,20-18-,21-19-. The summed E-state index contributed by atoms with van der Waals surface area (Å²) < 4.78 is 32.5. The quantitative estimate of drug-likeness (QED) is 0.0238. The molecular formula is C43H77O10P. The third-order valence-corrected chi connectivity index (χ3v) is 9.73. The Bertz CT molecular complexity index is 1040. The van der Waals surface area contributed by atoms with Crippen LogP contribution in [0.25, 0.3) is 0 Å². The summed E-state index contributed by atoms with van der Waals surface area (Å²) >= 11 is 0. The van der Waals surface area contributed by atoms with Crippen LogP contribution in [0.3, 0.4) is 0 Å². The van der Waals surface area contributed by atoms with Gasteiger partial charge in [0, 0.05) is 12.8 Å². The third-order valence-electron chi connectivity index (χ3n) is 8.78. The highest BCUT2D eigenvalue weighted by Gasteiger charge is 2.27. The van der Waals surface area contributed by atoms with E-state index in [1.54, 1.807) is 0 Å². The van der Waals surface area contributed by atoms with E-state index in [4.69, 9.17) is 18.5 Å². The van der Waals surface area contributed by atoms with Gasteiger partial charge in [0.15, 0.2) is 0 Å². The zero-order valence-electron chi connectivity index (χ0n) is 33.9. The molecule has 11 heteroatoms. The monoisotopic (exact) mass is 785 g/mol. The molecule has 0 amide bonds. The molecule has 0 aliphatic heterocycles. The van der Waals surface area contributed by atoms with Crippen LogP contribution < -0.4 is 0 Å². The van der Waals surface area contributed by atoms with Gasteiger partial charge in [-0.05, 0) is 70.6 Å². The lowest BCUT2D eigenvalue weighted by molar-refractivity contribution is -0.153. The number of aliphatic hydroxyl groups is 2. The first-order chi connectivity index (χ1) is 26.3. The molecule has 0 rings (SSSR count). The van der Waals surface area contributed by atoms with Gasteiger partial charge in [-0.1, -0.05) is 140 Å². The number of carbonyl (C=O) groups is 2. The van der Waals surface area contributed by atoms with Gasteiger partial charge in [-0.25, -0.2) is 4.57 Å². The van der Waals surface area contributed by atoms with Gasteiger partial charge in [0.1, 0.15) is 12.2 Å². The number of allylic oxidation sites excluding steroid dienone is 8. The molecule has 0 radical (unpaired) electrons. The first-order valence-corrected chi connectivity index (χ1v) is 22.6. The van der Waals surface area contributed by atoms with Gasteiger partial charge in [0.2, 0.25) is 0 Å². The van der Waals surface area contributed by atoms with Crippen LogP contribution >= 0.6 is 7.82 Å². The zero-order chi connectivity index (χ0) is 39.8. The number of unbranched alkanes of at least 4 members (excludes halogenated alkanes) is 17. The molecule has 0 saturated heterocycles. The molecule has 3 N–H and O–H groups in total. The summed E-state index contributed by atoms with van der Waals surface area (Å²) in [6, 6.07) is 0. The van der Waals surface area contributed by atoms with Crippen LogP contribution in [-0.2, 0) is 32.7 Å². The van der Waals surface area contributed by atoms with E-state index in [-0.39, 0.29) is 12.8 Å². The Hall–Kier alpha value is -2.07. The summed E-state index contributed by atoms with van der Waals surface area (Å²) in [4.78, 5) is 34.5. The van der Waals surface area contributed by atoms with E-state index in [1.165, 1.54) is 44.9 Å². The number of aliphatic hydroxyl groups excluding tert-OH is 2. The normalized spacial score (nSPS) is 14.4. The number of rotatable bonds is 39. The highest BCUT2D eigenvalue weighted by atomic mass is 31.2. The largest absolute Gasteiger partial charge is 0.472 e. The van der Waals surface area contributed by atoms with Crippen molar-refractivity contribution in [3.63, 3.8) is 0 Å². The zero-order valence-corrected chi connectivity index (χ0v) is 34.8. The van der Waals surface area contributed by atoms with Crippen LogP contribution in [0.4, 0.5) is 0 Å². The number of hydrogen-bond donors (Lipinski definition) is 3. The Balaban J connectivity index is 3.97. The van der Waals surface area contributed by atoms with Crippen LogP contribution in [0.1, 0.15) is 174 Å². The van der Waals surface area contributed by atoms with Crippen LogP contribution in [0.15, 0.2) is 48.6 Å². The highest BCUT2D eigenvalue weighted by Crippen LogP contribution is 2.43. The smallest absolute Gasteiger partial charge is 0.457 e. The molecule has 0 aromatic rings. The van der Waals surface area contributed by atoms with E-state index in [0.717, 1.165) is 89.9 Å². The van der Waals surface area contributed by atoms with E-state index < -0.39 is 58.4 Å². The predicted molar refractivity (Wildman–Crippen MR) is 219 cm³/mol. The van der Waals surface area contributed by atoms with E-state index in [2.05, 4.69) is 62.5 Å². The van der Waals surface area contributed by atoms with Crippen molar-refractivity contribution in [2.45, 2.75) is 187 Å². The first kappa shape index (κ1) is 51.9. The summed E-state index contributed by atoms with van der Waals surface area (Å²) in [6.45, 7) is 2.06. The summed E-state index contributed by atoms with van der Waals surface area (Å²) in [5.74, 6) is -1.05. The van der Waals surface area contributed by atoms with Gasteiger partial charge in [0.05, 0.1) is 26.4 Å². The maximum Gasteiger partial charge on any atom is 0.472 e. The minimum absolute atomic E-state index is 0.171. The molecule has 0 saturated carbocycles. The van der Waals surface area contributed by atoms with Crippen LogP contribution in [0, 0.1) is 0 Å². The van der Waals surface area contributed by atoms with Gasteiger partial charge >= 0.3 is 19.8 Å². The first-order valence-electron chi connectivity index (χ1n) is 21.1. The van der Waals surface area contributed by atoms with Crippen molar-refractivity contribution in [2.24, 2.45) is 0 Å². The predicted octanol–water partition coefficient (Wildman–Crippen LogP) is 10.9. The second-order valence-corrected chi connectivity index (χ2v) is 15.4. The number of ether oxygens (including phenoxy) is 2. The number of phosphoric acid groups is 1. The molecule has 3 unspecified atom stereocenters. The average Bonchev–Trinajstić information content (AvgIpc) is 3.16. The number of phosphoric ester groups is 1. The molecule has 54 heavy (non-hydrogen) atoms. The summed E-state index contributed by atoms with van der Waals surface area (Å²) in [5, 5.41) is 19.1. The van der Waals surface area contributed by atoms with Crippen molar-refractivity contribution in [3.05, 3.63) is 48.6 Å². The Kier molecular flexibility index (Phi) is 37.7. The maximum absolute atomic E-state index is 12.3. The molecule has 10 nitrogen and oxygen atoms in total. The van der Waals surface area contributed by atoms with Crippen LogP contribution in [-0.4, -0.2) is 65.7 Å². The van der Waals surface area contributed by atoms with E-state index in [0.29, 0.717) is 12.8 Å². The van der Waals surface area contributed by atoms with Gasteiger partial charge in [-0.2, -0.15) is 0 Å². The molecular weight excluding hydrogens is 707 g/mol. The van der Waals surface area contributed by atoms with Crippen molar-refractivity contribution in [2.75, 3.05) is 26.4 Å².